The van der Waals surface area contributed by atoms with Gasteiger partial charge in [0.1, 0.15) is 11.3 Å². The number of aryl methyl sites for hydroxylation is 1. The molecule has 1 aliphatic carbocycles. The number of amides is 1. The van der Waals surface area contributed by atoms with Crippen LogP contribution in [-0.4, -0.2) is 46.6 Å². The van der Waals surface area contributed by atoms with Crippen molar-refractivity contribution < 1.29 is 9.90 Å². The van der Waals surface area contributed by atoms with Crippen LogP contribution in [0.25, 0.3) is 0 Å². The van der Waals surface area contributed by atoms with E-state index in [2.05, 4.69) is 29.0 Å². The topological polar surface area (TPSA) is 85.4 Å². The van der Waals surface area contributed by atoms with Crippen LogP contribution in [0.2, 0.25) is 0 Å². The minimum absolute atomic E-state index is 0.0436. The fourth-order valence-electron chi connectivity index (χ4n) is 3.50. The van der Waals surface area contributed by atoms with E-state index in [1.54, 1.807) is 0 Å². The molecule has 0 saturated carbocycles. The van der Waals surface area contributed by atoms with E-state index in [1.807, 2.05) is 6.92 Å². The summed E-state index contributed by atoms with van der Waals surface area (Å²) in [6.45, 7) is 9.26. The van der Waals surface area contributed by atoms with Crippen molar-refractivity contribution in [3.63, 3.8) is 0 Å². The van der Waals surface area contributed by atoms with E-state index in [-0.39, 0.29) is 17.4 Å². The molecule has 1 amide bonds. The highest BCUT2D eigenvalue weighted by atomic mass is 16.3. The van der Waals surface area contributed by atoms with Gasteiger partial charge in [0.05, 0.1) is 0 Å². The van der Waals surface area contributed by atoms with E-state index in [0.717, 1.165) is 63.0 Å². The molecule has 25 heavy (non-hydrogen) atoms. The van der Waals surface area contributed by atoms with Crippen LogP contribution in [0.1, 0.15) is 68.1 Å². The number of H-pyrrole nitrogens is 1. The number of aromatic hydroxyl groups is 1. The van der Waals surface area contributed by atoms with Crippen molar-refractivity contribution in [1.29, 1.82) is 0 Å². The molecule has 0 saturated heterocycles. The lowest BCUT2D eigenvalue weighted by atomic mass is 9.93. The van der Waals surface area contributed by atoms with Crippen LogP contribution in [-0.2, 0) is 12.8 Å². The maximum atomic E-state index is 12.5. The van der Waals surface area contributed by atoms with Crippen LogP contribution < -0.4 is 10.9 Å². The summed E-state index contributed by atoms with van der Waals surface area (Å²) in [5.74, 6) is -0.617. The fourth-order valence-corrected chi connectivity index (χ4v) is 3.50. The summed E-state index contributed by atoms with van der Waals surface area (Å²) < 4.78 is 0. The zero-order valence-corrected chi connectivity index (χ0v) is 15.7. The molecule has 1 heterocycles. The molecule has 1 atom stereocenters. The first-order valence-electron chi connectivity index (χ1n) is 9.48. The second kappa shape index (κ2) is 9.04. The summed E-state index contributed by atoms with van der Waals surface area (Å²) in [6, 6.07) is -0.0436. The Labute approximate surface area is 149 Å². The number of hydrogen-bond donors (Lipinski definition) is 3. The largest absolute Gasteiger partial charge is 0.507 e. The highest BCUT2D eigenvalue weighted by Crippen LogP contribution is 2.28. The first-order chi connectivity index (χ1) is 12.0. The molecule has 140 valence electrons. The van der Waals surface area contributed by atoms with Gasteiger partial charge in [-0.15, -0.1) is 0 Å². The molecule has 3 N–H and O–H groups in total. The highest BCUT2D eigenvalue weighted by molar-refractivity contribution is 5.97. The molecule has 0 aromatic carbocycles. The summed E-state index contributed by atoms with van der Waals surface area (Å²) in [6.07, 6.45) is 5.24. The van der Waals surface area contributed by atoms with Crippen molar-refractivity contribution in [2.75, 3.05) is 19.6 Å². The minimum atomic E-state index is -0.494. The maximum Gasteiger partial charge on any atom is 0.264 e. The van der Waals surface area contributed by atoms with Gasteiger partial charge in [-0.1, -0.05) is 13.8 Å². The Bertz CT molecular complexity index is 650. The zero-order valence-electron chi connectivity index (χ0n) is 15.7. The van der Waals surface area contributed by atoms with Gasteiger partial charge in [-0.2, -0.15) is 0 Å². The van der Waals surface area contributed by atoms with E-state index in [0.29, 0.717) is 6.42 Å². The predicted molar refractivity (Wildman–Crippen MR) is 99.3 cm³/mol. The third-order valence-electron chi connectivity index (χ3n) is 5.09. The van der Waals surface area contributed by atoms with E-state index >= 15 is 0 Å². The Hall–Kier alpha value is -1.82. The van der Waals surface area contributed by atoms with Crippen molar-refractivity contribution in [2.45, 2.75) is 65.3 Å². The number of carbonyl (C=O) groups is 1. The summed E-state index contributed by atoms with van der Waals surface area (Å²) >= 11 is 0. The van der Waals surface area contributed by atoms with Gasteiger partial charge in [-0.3, -0.25) is 9.59 Å². The van der Waals surface area contributed by atoms with Gasteiger partial charge >= 0.3 is 0 Å². The maximum absolute atomic E-state index is 12.5. The molecule has 2 rings (SSSR count). The number of aromatic amines is 1. The molecule has 1 aromatic rings. The Balaban J connectivity index is 2.00. The zero-order chi connectivity index (χ0) is 18.4. The van der Waals surface area contributed by atoms with E-state index in [9.17, 15) is 14.7 Å². The Morgan fingerprint density at radius 3 is 2.64 bits per heavy atom. The molecule has 0 bridgehead atoms. The molecule has 0 radical (unpaired) electrons. The van der Waals surface area contributed by atoms with E-state index in [1.165, 1.54) is 0 Å². The quantitative estimate of drug-likeness (QED) is 0.672. The predicted octanol–water partition coefficient (Wildman–Crippen LogP) is 2.20. The Morgan fingerprint density at radius 2 is 1.96 bits per heavy atom. The van der Waals surface area contributed by atoms with E-state index < -0.39 is 11.5 Å². The number of rotatable bonds is 8. The monoisotopic (exact) mass is 349 g/mol. The summed E-state index contributed by atoms with van der Waals surface area (Å²) in [4.78, 5) is 29.8. The van der Waals surface area contributed by atoms with Crippen LogP contribution in [0.5, 0.6) is 5.75 Å². The molecule has 0 unspecified atom stereocenters. The average molecular weight is 349 g/mol. The standard InChI is InChI=1S/C19H31N3O3/c1-4-22(5-2)12-8-9-13(3)20-18(24)16-17(23)14-10-6-7-11-15(14)21-19(16)25/h13H,4-12H2,1-3H3,(H,20,24)(H2,21,23,25)/t13-/m0/s1. The van der Waals surface area contributed by atoms with Crippen molar-refractivity contribution in [2.24, 2.45) is 0 Å². The first kappa shape index (κ1) is 19.5. The molecule has 0 fully saturated rings. The van der Waals surface area contributed by atoms with Crippen molar-refractivity contribution in [1.82, 2.24) is 15.2 Å². The van der Waals surface area contributed by atoms with Gasteiger partial charge in [0.15, 0.2) is 0 Å². The van der Waals surface area contributed by atoms with Gasteiger partial charge in [0.25, 0.3) is 11.5 Å². The molecular formula is C19H31N3O3. The number of aromatic nitrogens is 1. The van der Waals surface area contributed by atoms with Crippen LogP contribution in [0, 0.1) is 0 Å². The van der Waals surface area contributed by atoms with E-state index in [4.69, 9.17) is 0 Å². The van der Waals surface area contributed by atoms with Gasteiger partial charge < -0.3 is 20.3 Å². The van der Waals surface area contributed by atoms with Gasteiger partial charge in [-0.25, -0.2) is 0 Å². The van der Waals surface area contributed by atoms with Crippen LogP contribution in [0.3, 0.4) is 0 Å². The summed E-state index contributed by atoms with van der Waals surface area (Å²) in [5, 5.41) is 13.3. The van der Waals surface area contributed by atoms with Crippen LogP contribution >= 0.6 is 0 Å². The minimum Gasteiger partial charge on any atom is -0.507 e. The number of hydrogen-bond acceptors (Lipinski definition) is 4. The molecule has 6 heteroatoms. The smallest absolute Gasteiger partial charge is 0.264 e. The third-order valence-corrected chi connectivity index (χ3v) is 5.09. The third kappa shape index (κ3) is 4.84. The van der Waals surface area contributed by atoms with Crippen LogP contribution in [0.15, 0.2) is 4.79 Å². The molecule has 0 spiro atoms. The number of pyridine rings is 1. The van der Waals surface area contributed by atoms with Crippen molar-refractivity contribution in [3.8, 4) is 5.75 Å². The lowest BCUT2D eigenvalue weighted by molar-refractivity contribution is 0.0932. The van der Waals surface area contributed by atoms with Crippen molar-refractivity contribution >= 4 is 5.91 Å². The number of nitrogens with zero attached hydrogens (tertiary/aromatic N) is 1. The molecule has 1 aliphatic rings. The molecule has 0 aliphatic heterocycles. The summed E-state index contributed by atoms with van der Waals surface area (Å²) in [7, 11) is 0. The Morgan fingerprint density at radius 1 is 1.28 bits per heavy atom. The van der Waals surface area contributed by atoms with Crippen molar-refractivity contribution in [3.05, 3.63) is 27.2 Å². The summed E-state index contributed by atoms with van der Waals surface area (Å²) in [5.41, 5.74) is 0.866. The normalized spacial score (nSPS) is 15.0. The first-order valence-corrected chi connectivity index (χ1v) is 9.48. The average Bonchev–Trinajstić information content (AvgIpc) is 2.58. The molecule has 1 aromatic heterocycles. The lowest BCUT2D eigenvalue weighted by Crippen LogP contribution is -2.37. The number of carbonyl (C=O) groups excluding carboxylic acids is 1. The fraction of sp³-hybridized carbons (Fsp3) is 0.684. The molecule has 6 nitrogen and oxygen atoms in total. The second-order valence-electron chi connectivity index (χ2n) is 6.89. The van der Waals surface area contributed by atoms with Gasteiger partial charge in [0.2, 0.25) is 0 Å². The van der Waals surface area contributed by atoms with Crippen LogP contribution in [0.4, 0.5) is 0 Å². The SMILES string of the molecule is CCN(CC)CCC[C@H](C)NC(=O)c1c(O)c2c([nH]c1=O)CCCC2. The van der Waals surface area contributed by atoms with Gasteiger partial charge in [-0.05, 0) is 65.1 Å². The second-order valence-corrected chi connectivity index (χ2v) is 6.89. The lowest BCUT2D eigenvalue weighted by Gasteiger charge is -2.21. The highest BCUT2D eigenvalue weighted by Gasteiger charge is 2.24. The molecular weight excluding hydrogens is 318 g/mol. The van der Waals surface area contributed by atoms with Gasteiger partial charge in [0, 0.05) is 17.3 Å². The number of nitrogens with one attached hydrogen (secondary N) is 2. The Kier molecular flexibility index (Phi) is 7.05. The number of fused-ring (bicyclic) bond motifs is 1.